The van der Waals surface area contributed by atoms with Gasteiger partial charge in [0.15, 0.2) is 0 Å². The van der Waals surface area contributed by atoms with E-state index in [-0.39, 0.29) is 0 Å². The van der Waals surface area contributed by atoms with Crippen LogP contribution >= 0.6 is 0 Å². The van der Waals surface area contributed by atoms with E-state index in [2.05, 4.69) is 36.1 Å². The van der Waals surface area contributed by atoms with E-state index in [1.165, 1.54) is 6.42 Å². The van der Waals surface area contributed by atoms with Crippen LogP contribution in [0.15, 0.2) is 4.99 Å². The first-order valence-corrected chi connectivity index (χ1v) is 5.17. The Bertz CT molecular complexity index is 217. The highest BCUT2D eigenvalue weighted by atomic mass is 15.4. The molecule has 0 spiro atoms. The first-order valence-electron chi connectivity index (χ1n) is 5.17. The van der Waals surface area contributed by atoms with Crippen LogP contribution in [0, 0.1) is 11.3 Å². The van der Waals surface area contributed by atoms with Crippen LogP contribution in [-0.4, -0.2) is 31.0 Å². The lowest BCUT2D eigenvalue weighted by Crippen LogP contribution is -2.44. The molecular formula is C10H22N4. The minimum atomic E-state index is 0.377. The lowest BCUT2D eigenvalue weighted by atomic mass is 9.80. The average Bonchev–Trinajstić information content (AvgIpc) is 2.54. The molecule has 0 saturated carbocycles. The molecule has 1 saturated heterocycles. The van der Waals surface area contributed by atoms with Crippen molar-refractivity contribution in [1.82, 2.24) is 10.3 Å². The van der Waals surface area contributed by atoms with Gasteiger partial charge in [0.25, 0.3) is 0 Å². The molecule has 0 aromatic carbocycles. The van der Waals surface area contributed by atoms with Crippen molar-refractivity contribution in [3.05, 3.63) is 0 Å². The molecule has 14 heavy (non-hydrogen) atoms. The Balaban J connectivity index is 2.57. The zero-order valence-corrected chi connectivity index (χ0v) is 9.67. The molecule has 3 N–H and O–H groups in total. The summed E-state index contributed by atoms with van der Waals surface area (Å²) >= 11 is 0. The molecule has 82 valence electrons. The van der Waals surface area contributed by atoms with E-state index in [0.717, 1.165) is 25.0 Å². The predicted molar refractivity (Wildman–Crippen MR) is 59.8 cm³/mol. The topological polar surface area (TPSA) is 53.6 Å². The van der Waals surface area contributed by atoms with Crippen LogP contribution < -0.4 is 11.3 Å². The standard InChI is InChI=1S/C10H22N4/c1-10(2,3)8-5-6-14(7-8)9(12-4)13-11/h8H,5-7,11H2,1-4H3,(H,12,13). The Morgan fingerprint density at radius 3 is 2.50 bits per heavy atom. The summed E-state index contributed by atoms with van der Waals surface area (Å²) in [5.41, 5.74) is 3.02. The van der Waals surface area contributed by atoms with Crippen molar-refractivity contribution in [2.75, 3.05) is 20.1 Å². The van der Waals surface area contributed by atoms with E-state index in [4.69, 9.17) is 5.84 Å². The van der Waals surface area contributed by atoms with Crippen LogP contribution in [0.4, 0.5) is 0 Å². The third-order valence-corrected chi connectivity index (χ3v) is 3.05. The Labute approximate surface area is 86.5 Å². The summed E-state index contributed by atoms with van der Waals surface area (Å²) in [5, 5.41) is 0. The molecule has 1 unspecified atom stereocenters. The number of hydrazine groups is 1. The molecule has 1 atom stereocenters. The van der Waals surface area contributed by atoms with E-state index < -0.39 is 0 Å². The normalized spacial score (nSPS) is 24.2. The first-order chi connectivity index (χ1) is 6.49. The molecular weight excluding hydrogens is 176 g/mol. The fraction of sp³-hybridized carbons (Fsp3) is 0.900. The van der Waals surface area contributed by atoms with Crippen LogP contribution in [-0.2, 0) is 0 Å². The van der Waals surface area contributed by atoms with E-state index in [9.17, 15) is 0 Å². The van der Waals surface area contributed by atoms with Gasteiger partial charge < -0.3 is 4.90 Å². The highest BCUT2D eigenvalue weighted by molar-refractivity contribution is 5.79. The summed E-state index contributed by atoms with van der Waals surface area (Å²) in [7, 11) is 1.76. The zero-order chi connectivity index (χ0) is 10.8. The molecule has 0 amide bonds. The largest absolute Gasteiger partial charge is 0.342 e. The molecule has 1 fully saturated rings. The second-order valence-corrected chi connectivity index (χ2v) is 4.99. The maximum absolute atomic E-state index is 5.40. The molecule has 1 heterocycles. The summed E-state index contributed by atoms with van der Waals surface area (Å²) in [6, 6.07) is 0. The van der Waals surface area contributed by atoms with Crippen molar-refractivity contribution in [2.45, 2.75) is 27.2 Å². The number of nitrogens with zero attached hydrogens (tertiary/aromatic N) is 2. The molecule has 1 aliphatic heterocycles. The summed E-state index contributed by atoms with van der Waals surface area (Å²) in [6.45, 7) is 8.98. The second-order valence-electron chi connectivity index (χ2n) is 4.99. The molecule has 4 heteroatoms. The number of guanidine groups is 1. The van der Waals surface area contributed by atoms with Crippen molar-refractivity contribution in [3.8, 4) is 0 Å². The van der Waals surface area contributed by atoms with Crippen molar-refractivity contribution < 1.29 is 0 Å². The van der Waals surface area contributed by atoms with Gasteiger partial charge >= 0.3 is 0 Å². The van der Waals surface area contributed by atoms with E-state index in [0.29, 0.717) is 5.41 Å². The van der Waals surface area contributed by atoms with Crippen LogP contribution in [0.2, 0.25) is 0 Å². The molecule has 0 radical (unpaired) electrons. The van der Waals surface area contributed by atoms with Crippen molar-refractivity contribution in [1.29, 1.82) is 0 Å². The third kappa shape index (κ3) is 2.38. The molecule has 0 aliphatic carbocycles. The van der Waals surface area contributed by atoms with Gasteiger partial charge in [-0.1, -0.05) is 20.8 Å². The zero-order valence-electron chi connectivity index (χ0n) is 9.67. The third-order valence-electron chi connectivity index (χ3n) is 3.05. The number of hydrogen-bond acceptors (Lipinski definition) is 2. The smallest absolute Gasteiger partial charge is 0.208 e. The molecule has 0 aromatic rings. The Morgan fingerprint density at radius 2 is 2.14 bits per heavy atom. The van der Waals surface area contributed by atoms with E-state index in [1.807, 2.05) is 0 Å². The van der Waals surface area contributed by atoms with Gasteiger partial charge in [-0.2, -0.15) is 0 Å². The van der Waals surface area contributed by atoms with Crippen LogP contribution in [0.3, 0.4) is 0 Å². The first kappa shape index (κ1) is 11.3. The molecule has 0 bridgehead atoms. The molecule has 4 nitrogen and oxygen atoms in total. The SMILES string of the molecule is CN=C(NN)N1CCC(C(C)(C)C)C1. The lowest BCUT2D eigenvalue weighted by molar-refractivity contribution is 0.249. The quantitative estimate of drug-likeness (QED) is 0.262. The van der Waals surface area contributed by atoms with Crippen molar-refractivity contribution >= 4 is 5.96 Å². The van der Waals surface area contributed by atoms with Gasteiger partial charge in [-0.05, 0) is 17.8 Å². The summed E-state index contributed by atoms with van der Waals surface area (Å²) in [5.74, 6) is 6.93. The number of rotatable bonds is 0. The number of likely N-dealkylation sites (tertiary alicyclic amines) is 1. The Hall–Kier alpha value is -0.770. The average molecular weight is 198 g/mol. The fourth-order valence-electron chi connectivity index (χ4n) is 1.96. The molecule has 1 rings (SSSR count). The summed E-state index contributed by atoms with van der Waals surface area (Å²) in [4.78, 5) is 6.33. The van der Waals surface area contributed by atoms with Crippen LogP contribution in [0.1, 0.15) is 27.2 Å². The summed E-state index contributed by atoms with van der Waals surface area (Å²) < 4.78 is 0. The monoisotopic (exact) mass is 198 g/mol. The van der Waals surface area contributed by atoms with Gasteiger partial charge in [0.1, 0.15) is 0 Å². The van der Waals surface area contributed by atoms with Crippen LogP contribution in [0.25, 0.3) is 0 Å². The predicted octanol–water partition coefficient (Wildman–Crippen LogP) is 0.804. The van der Waals surface area contributed by atoms with Gasteiger partial charge in [-0.25, -0.2) is 5.84 Å². The maximum Gasteiger partial charge on any atom is 0.208 e. The Morgan fingerprint density at radius 1 is 1.50 bits per heavy atom. The lowest BCUT2D eigenvalue weighted by Gasteiger charge is -2.27. The minimum absolute atomic E-state index is 0.377. The van der Waals surface area contributed by atoms with Gasteiger partial charge in [-0.3, -0.25) is 10.4 Å². The van der Waals surface area contributed by atoms with Gasteiger partial charge in [-0.15, -0.1) is 0 Å². The fourth-order valence-corrected chi connectivity index (χ4v) is 1.96. The van der Waals surface area contributed by atoms with Gasteiger partial charge in [0.2, 0.25) is 5.96 Å². The number of hydrogen-bond donors (Lipinski definition) is 2. The molecule has 1 aliphatic rings. The van der Waals surface area contributed by atoms with E-state index in [1.54, 1.807) is 7.05 Å². The highest BCUT2D eigenvalue weighted by Crippen LogP contribution is 2.33. The van der Waals surface area contributed by atoms with E-state index >= 15 is 0 Å². The van der Waals surface area contributed by atoms with Crippen molar-refractivity contribution in [2.24, 2.45) is 22.2 Å². The summed E-state index contributed by atoms with van der Waals surface area (Å²) in [6.07, 6.45) is 1.23. The maximum atomic E-state index is 5.40. The molecule has 0 aromatic heterocycles. The van der Waals surface area contributed by atoms with Crippen LogP contribution in [0.5, 0.6) is 0 Å². The number of nitrogens with one attached hydrogen (secondary N) is 1. The second kappa shape index (κ2) is 4.17. The minimum Gasteiger partial charge on any atom is -0.342 e. The highest BCUT2D eigenvalue weighted by Gasteiger charge is 2.32. The van der Waals surface area contributed by atoms with Gasteiger partial charge in [0, 0.05) is 20.1 Å². The Kier molecular flexibility index (Phi) is 3.37. The number of aliphatic imine (C=N–C) groups is 1. The van der Waals surface area contributed by atoms with Gasteiger partial charge in [0.05, 0.1) is 0 Å². The number of nitrogens with two attached hydrogens (primary N) is 1. The van der Waals surface area contributed by atoms with Crippen molar-refractivity contribution in [3.63, 3.8) is 0 Å².